The monoisotopic (exact) mass is 504 g/mol. The molecule has 0 fully saturated rings. The average Bonchev–Trinajstić information content (AvgIpc) is 3.18. The van der Waals surface area contributed by atoms with Crippen molar-refractivity contribution in [1.82, 2.24) is 14.5 Å². The molecule has 2 aromatic carbocycles. The molecule has 9 heteroatoms. The number of rotatable bonds is 8. The van der Waals surface area contributed by atoms with Crippen molar-refractivity contribution in [1.29, 1.82) is 0 Å². The number of benzene rings is 2. The van der Waals surface area contributed by atoms with Crippen LogP contribution in [-0.2, 0) is 9.59 Å². The molecule has 0 aliphatic heterocycles. The number of nitrogens with zero attached hydrogens (tertiary/aromatic N) is 3. The Morgan fingerprint density at radius 2 is 1.76 bits per heavy atom. The molecule has 0 spiro atoms. The van der Waals surface area contributed by atoms with E-state index >= 15 is 0 Å². The smallest absolute Gasteiger partial charge is 0.246 e. The standard InChI is InChI=1S/C25H27Cl2FN4O2/c1-15(2)12-31(24(34)16(3)4)14-23(33)30-25-29-22(17-5-7-18(26)8-6-17)13-32(25)19-9-10-21(28)20(27)11-19/h5-11,13,15-16H,12,14H2,1-4H3,(H,29,30,33). The molecule has 6 nitrogen and oxygen atoms in total. The van der Waals surface area contributed by atoms with Crippen molar-refractivity contribution in [2.75, 3.05) is 18.4 Å². The molecule has 0 unspecified atom stereocenters. The zero-order valence-corrected chi connectivity index (χ0v) is 21.0. The number of hydrogen-bond acceptors (Lipinski definition) is 3. The molecule has 0 aliphatic carbocycles. The van der Waals surface area contributed by atoms with Gasteiger partial charge in [0.15, 0.2) is 0 Å². The molecule has 0 radical (unpaired) electrons. The van der Waals surface area contributed by atoms with E-state index < -0.39 is 11.7 Å². The highest BCUT2D eigenvalue weighted by Crippen LogP contribution is 2.27. The van der Waals surface area contributed by atoms with Gasteiger partial charge < -0.3 is 4.90 Å². The molecule has 34 heavy (non-hydrogen) atoms. The van der Waals surface area contributed by atoms with E-state index in [1.807, 2.05) is 26.0 Å². The lowest BCUT2D eigenvalue weighted by atomic mass is 10.1. The molecule has 1 N–H and O–H groups in total. The highest BCUT2D eigenvalue weighted by Gasteiger charge is 2.22. The van der Waals surface area contributed by atoms with E-state index in [0.29, 0.717) is 22.9 Å². The number of anilines is 1. The molecule has 1 aromatic heterocycles. The van der Waals surface area contributed by atoms with Crippen molar-refractivity contribution in [2.24, 2.45) is 11.8 Å². The summed E-state index contributed by atoms with van der Waals surface area (Å²) < 4.78 is 15.4. The minimum atomic E-state index is -0.550. The summed E-state index contributed by atoms with van der Waals surface area (Å²) in [5, 5.41) is 3.33. The SMILES string of the molecule is CC(C)CN(CC(=O)Nc1nc(-c2ccc(Cl)cc2)cn1-c1ccc(F)c(Cl)c1)C(=O)C(C)C. The highest BCUT2D eigenvalue weighted by atomic mass is 35.5. The number of carbonyl (C=O) groups excluding carboxylic acids is 2. The van der Waals surface area contributed by atoms with Crippen LogP contribution in [0.4, 0.5) is 10.3 Å². The van der Waals surface area contributed by atoms with Gasteiger partial charge in [-0.1, -0.05) is 63.0 Å². The Kier molecular flexibility index (Phi) is 8.33. The van der Waals surface area contributed by atoms with Crippen LogP contribution in [0.3, 0.4) is 0 Å². The van der Waals surface area contributed by atoms with Gasteiger partial charge in [0, 0.05) is 29.2 Å². The molecule has 2 amide bonds. The number of aromatic nitrogens is 2. The van der Waals surface area contributed by atoms with Gasteiger partial charge in [0.25, 0.3) is 0 Å². The maximum atomic E-state index is 13.7. The first-order valence-electron chi connectivity index (χ1n) is 10.9. The Morgan fingerprint density at radius 3 is 2.35 bits per heavy atom. The topological polar surface area (TPSA) is 67.2 Å². The number of amides is 2. The van der Waals surface area contributed by atoms with Gasteiger partial charge in [-0.2, -0.15) is 0 Å². The summed E-state index contributed by atoms with van der Waals surface area (Å²) in [6, 6.07) is 11.3. The lowest BCUT2D eigenvalue weighted by Gasteiger charge is -2.25. The fourth-order valence-corrected chi connectivity index (χ4v) is 3.74. The van der Waals surface area contributed by atoms with Crippen molar-refractivity contribution >= 4 is 41.0 Å². The molecule has 3 aromatic rings. The van der Waals surface area contributed by atoms with Gasteiger partial charge in [-0.3, -0.25) is 19.5 Å². The zero-order valence-electron chi connectivity index (χ0n) is 19.5. The fraction of sp³-hybridized carbons (Fsp3) is 0.320. The van der Waals surface area contributed by atoms with Gasteiger partial charge in [-0.15, -0.1) is 0 Å². The van der Waals surface area contributed by atoms with Gasteiger partial charge in [-0.05, 0) is 36.2 Å². The molecular weight excluding hydrogens is 478 g/mol. The second kappa shape index (κ2) is 11.0. The normalized spacial score (nSPS) is 11.2. The van der Waals surface area contributed by atoms with Gasteiger partial charge in [-0.25, -0.2) is 9.37 Å². The Labute approximate surface area is 208 Å². The number of nitrogens with one attached hydrogen (secondary N) is 1. The van der Waals surface area contributed by atoms with Crippen LogP contribution >= 0.6 is 23.2 Å². The predicted molar refractivity (Wildman–Crippen MR) is 134 cm³/mol. The zero-order chi connectivity index (χ0) is 25.0. The van der Waals surface area contributed by atoms with Crippen LogP contribution in [0.5, 0.6) is 0 Å². The summed E-state index contributed by atoms with van der Waals surface area (Å²) >= 11 is 12.0. The third kappa shape index (κ3) is 6.36. The molecule has 180 valence electrons. The number of hydrogen-bond donors (Lipinski definition) is 1. The van der Waals surface area contributed by atoms with E-state index in [1.165, 1.54) is 18.2 Å². The summed E-state index contributed by atoms with van der Waals surface area (Å²) in [5.74, 6) is -0.844. The van der Waals surface area contributed by atoms with E-state index in [4.69, 9.17) is 23.2 Å². The van der Waals surface area contributed by atoms with Crippen LogP contribution in [0.25, 0.3) is 16.9 Å². The van der Waals surface area contributed by atoms with Crippen LogP contribution in [0.15, 0.2) is 48.7 Å². The second-order valence-corrected chi connectivity index (χ2v) is 9.58. The first kappa shape index (κ1) is 25.7. The summed E-state index contributed by atoms with van der Waals surface area (Å²) in [7, 11) is 0. The maximum absolute atomic E-state index is 13.7. The van der Waals surface area contributed by atoms with E-state index in [-0.39, 0.29) is 35.3 Å². The first-order chi connectivity index (χ1) is 16.0. The quantitative estimate of drug-likeness (QED) is 0.405. The third-order valence-electron chi connectivity index (χ3n) is 5.00. The number of halogens is 3. The molecule has 0 saturated carbocycles. The first-order valence-corrected chi connectivity index (χ1v) is 11.7. The van der Waals surface area contributed by atoms with Gasteiger partial charge >= 0.3 is 0 Å². The maximum Gasteiger partial charge on any atom is 0.246 e. The molecule has 1 heterocycles. The van der Waals surface area contributed by atoms with Crippen molar-refractivity contribution in [3.05, 3.63) is 64.5 Å². The third-order valence-corrected chi connectivity index (χ3v) is 5.55. The van der Waals surface area contributed by atoms with Crippen LogP contribution in [-0.4, -0.2) is 39.4 Å². The van der Waals surface area contributed by atoms with Crippen LogP contribution in [0, 0.1) is 17.7 Å². The highest BCUT2D eigenvalue weighted by molar-refractivity contribution is 6.31. The van der Waals surface area contributed by atoms with E-state index in [0.717, 1.165) is 5.56 Å². The Balaban J connectivity index is 1.94. The van der Waals surface area contributed by atoms with Gasteiger partial charge in [0.05, 0.1) is 22.9 Å². The fourth-order valence-electron chi connectivity index (χ4n) is 3.44. The Morgan fingerprint density at radius 1 is 1.09 bits per heavy atom. The van der Waals surface area contributed by atoms with Crippen molar-refractivity contribution < 1.29 is 14.0 Å². The van der Waals surface area contributed by atoms with E-state index in [1.54, 1.807) is 41.6 Å². The van der Waals surface area contributed by atoms with Crippen molar-refractivity contribution in [3.8, 4) is 16.9 Å². The van der Waals surface area contributed by atoms with Crippen LogP contribution < -0.4 is 5.32 Å². The Hall–Kier alpha value is -2.90. The lowest BCUT2D eigenvalue weighted by Crippen LogP contribution is -2.42. The summed E-state index contributed by atoms with van der Waals surface area (Å²) in [4.78, 5) is 31.7. The molecular formula is C25H27Cl2FN4O2. The largest absolute Gasteiger partial charge is 0.333 e. The average molecular weight is 505 g/mol. The number of imidazole rings is 1. The summed E-state index contributed by atoms with van der Waals surface area (Å²) in [6.07, 6.45) is 1.72. The Bertz CT molecular complexity index is 1180. The molecule has 3 rings (SSSR count). The predicted octanol–water partition coefficient (Wildman–Crippen LogP) is 6.06. The van der Waals surface area contributed by atoms with Crippen LogP contribution in [0.2, 0.25) is 10.0 Å². The van der Waals surface area contributed by atoms with E-state index in [2.05, 4.69) is 10.3 Å². The summed E-state index contributed by atoms with van der Waals surface area (Å²) in [6.45, 7) is 7.93. The van der Waals surface area contributed by atoms with Crippen molar-refractivity contribution in [3.63, 3.8) is 0 Å². The van der Waals surface area contributed by atoms with E-state index in [9.17, 15) is 14.0 Å². The molecule has 0 saturated heterocycles. The van der Waals surface area contributed by atoms with Crippen LogP contribution in [0.1, 0.15) is 27.7 Å². The molecule has 0 aliphatic rings. The second-order valence-electron chi connectivity index (χ2n) is 8.74. The van der Waals surface area contributed by atoms with Gasteiger partial charge in [0.2, 0.25) is 17.8 Å². The number of carbonyl (C=O) groups is 2. The van der Waals surface area contributed by atoms with Crippen molar-refractivity contribution in [2.45, 2.75) is 27.7 Å². The molecule has 0 bridgehead atoms. The molecule has 0 atom stereocenters. The minimum absolute atomic E-state index is 0.0536. The lowest BCUT2D eigenvalue weighted by molar-refractivity contribution is -0.138. The summed E-state index contributed by atoms with van der Waals surface area (Å²) in [5.41, 5.74) is 1.87. The van der Waals surface area contributed by atoms with Gasteiger partial charge in [0.1, 0.15) is 5.82 Å². The minimum Gasteiger partial charge on any atom is -0.333 e.